The van der Waals surface area contributed by atoms with Gasteiger partial charge in [-0.2, -0.15) is 0 Å². The van der Waals surface area contributed by atoms with Gasteiger partial charge in [0.15, 0.2) is 0 Å². The Hall–Kier alpha value is -1.04. The molecule has 0 spiro atoms. The van der Waals surface area contributed by atoms with Gasteiger partial charge in [-0.15, -0.1) is 0 Å². The van der Waals surface area contributed by atoms with Crippen LogP contribution in [0.1, 0.15) is 29.5 Å². The molecular formula is C12H14. The highest BCUT2D eigenvalue weighted by Crippen LogP contribution is 2.21. The number of benzene rings is 1. The molecule has 0 aromatic heterocycles. The first-order valence-electron chi connectivity index (χ1n) is 4.63. The normalized spacial score (nSPS) is 15.4. The molecule has 0 saturated heterocycles. The third-order valence-electron chi connectivity index (χ3n) is 2.52. The Morgan fingerprint density at radius 1 is 1.25 bits per heavy atom. The fourth-order valence-corrected chi connectivity index (χ4v) is 1.81. The molecule has 12 heavy (non-hydrogen) atoms. The molecule has 62 valence electrons. The molecule has 0 fully saturated rings. The van der Waals surface area contributed by atoms with E-state index in [0.717, 1.165) is 0 Å². The SMILES string of the molecule is Cc1cccc2c1C=CCCC2. The maximum atomic E-state index is 2.29. The van der Waals surface area contributed by atoms with Crippen LogP contribution in [-0.2, 0) is 6.42 Å². The summed E-state index contributed by atoms with van der Waals surface area (Å²) in [6.45, 7) is 2.19. The van der Waals surface area contributed by atoms with Crippen molar-refractivity contribution in [2.24, 2.45) is 0 Å². The van der Waals surface area contributed by atoms with Crippen LogP contribution in [0.25, 0.3) is 6.08 Å². The molecule has 1 aliphatic rings. The summed E-state index contributed by atoms with van der Waals surface area (Å²) in [5.41, 5.74) is 4.38. The van der Waals surface area contributed by atoms with Gasteiger partial charge < -0.3 is 0 Å². The second-order valence-electron chi connectivity index (χ2n) is 3.44. The lowest BCUT2D eigenvalue weighted by atomic mass is 10.0. The first kappa shape index (κ1) is 7.60. The largest absolute Gasteiger partial charge is 0.0839 e. The Labute approximate surface area is 73.9 Å². The van der Waals surface area contributed by atoms with E-state index in [1.54, 1.807) is 0 Å². The molecule has 0 bridgehead atoms. The lowest BCUT2D eigenvalue weighted by Crippen LogP contribution is -1.89. The number of hydrogen-bond acceptors (Lipinski definition) is 0. The highest BCUT2D eigenvalue weighted by atomic mass is 14.1. The van der Waals surface area contributed by atoms with Crippen LogP contribution in [-0.4, -0.2) is 0 Å². The fraction of sp³-hybridized carbons (Fsp3) is 0.333. The van der Waals surface area contributed by atoms with Gasteiger partial charge in [0.05, 0.1) is 0 Å². The van der Waals surface area contributed by atoms with Crippen molar-refractivity contribution in [2.45, 2.75) is 26.2 Å². The van der Waals surface area contributed by atoms with Crippen LogP contribution < -0.4 is 0 Å². The van der Waals surface area contributed by atoms with Crippen LogP contribution >= 0.6 is 0 Å². The van der Waals surface area contributed by atoms with Crippen LogP contribution in [0, 0.1) is 6.92 Å². The second-order valence-corrected chi connectivity index (χ2v) is 3.44. The van der Waals surface area contributed by atoms with Gasteiger partial charge in [0.25, 0.3) is 0 Å². The third kappa shape index (κ3) is 1.29. The zero-order valence-corrected chi connectivity index (χ0v) is 7.51. The summed E-state index contributed by atoms with van der Waals surface area (Å²) < 4.78 is 0. The molecule has 1 aliphatic carbocycles. The second kappa shape index (κ2) is 3.14. The van der Waals surface area contributed by atoms with Crippen molar-refractivity contribution in [1.29, 1.82) is 0 Å². The Balaban J connectivity index is 2.53. The number of rotatable bonds is 0. The predicted octanol–water partition coefficient (Wildman–Crippen LogP) is 3.34. The van der Waals surface area contributed by atoms with Crippen LogP contribution in [0.3, 0.4) is 0 Å². The van der Waals surface area contributed by atoms with Crippen molar-refractivity contribution in [3.63, 3.8) is 0 Å². The Bertz CT molecular complexity index is 308. The molecule has 0 aliphatic heterocycles. The summed E-state index contributed by atoms with van der Waals surface area (Å²) in [6, 6.07) is 6.60. The molecule has 0 radical (unpaired) electrons. The van der Waals surface area contributed by atoms with Crippen molar-refractivity contribution in [3.05, 3.63) is 41.0 Å². The van der Waals surface area contributed by atoms with Gasteiger partial charge >= 0.3 is 0 Å². The molecule has 2 rings (SSSR count). The summed E-state index contributed by atoms with van der Waals surface area (Å²) in [7, 11) is 0. The van der Waals surface area contributed by atoms with Crippen LogP contribution in [0.5, 0.6) is 0 Å². The van der Waals surface area contributed by atoms with Crippen LogP contribution in [0.2, 0.25) is 0 Å². The zero-order chi connectivity index (χ0) is 8.39. The van der Waals surface area contributed by atoms with Crippen molar-refractivity contribution >= 4 is 6.08 Å². The number of aryl methyl sites for hydroxylation is 2. The first-order valence-corrected chi connectivity index (χ1v) is 4.63. The van der Waals surface area contributed by atoms with E-state index in [0.29, 0.717) is 0 Å². The number of allylic oxidation sites excluding steroid dienone is 1. The quantitative estimate of drug-likeness (QED) is 0.543. The van der Waals surface area contributed by atoms with Gasteiger partial charge in [0, 0.05) is 0 Å². The summed E-state index contributed by atoms with van der Waals surface area (Å²) in [5, 5.41) is 0. The maximum absolute atomic E-state index is 2.29. The summed E-state index contributed by atoms with van der Waals surface area (Å²) in [4.78, 5) is 0. The maximum Gasteiger partial charge on any atom is -0.0198 e. The van der Waals surface area contributed by atoms with Crippen LogP contribution in [0.15, 0.2) is 24.3 Å². The Morgan fingerprint density at radius 2 is 2.17 bits per heavy atom. The molecule has 0 nitrogen and oxygen atoms in total. The molecule has 0 heteroatoms. The van der Waals surface area contributed by atoms with E-state index < -0.39 is 0 Å². The smallest absolute Gasteiger partial charge is 0.0198 e. The molecule has 1 aromatic rings. The van der Waals surface area contributed by atoms with E-state index in [4.69, 9.17) is 0 Å². The minimum Gasteiger partial charge on any atom is -0.0839 e. The minimum absolute atomic E-state index is 1.23. The van der Waals surface area contributed by atoms with E-state index in [-0.39, 0.29) is 0 Å². The monoisotopic (exact) mass is 158 g/mol. The lowest BCUT2D eigenvalue weighted by Gasteiger charge is -2.05. The molecule has 0 unspecified atom stereocenters. The predicted molar refractivity (Wildman–Crippen MR) is 53.2 cm³/mol. The van der Waals surface area contributed by atoms with E-state index in [1.807, 2.05) is 0 Å². The van der Waals surface area contributed by atoms with Crippen molar-refractivity contribution < 1.29 is 0 Å². The van der Waals surface area contributed by atoms with Gasteiger partial charge in [0.1, 0.15) is 0 Å². The molecule has 0 atom stereocenters. The first-order chi connectivity index (χ1) is 5.88. The van der Waals surface area contributed by atoms with E-state index >= 15 is 0 Å². The molecule has 0 heterocycles. The van der Waals surface area contributed by atoms with Crippen molar-refractivity contribution in [1.82, 2.24) is 0 Å². The molecule has 0 saturated carbocycles. The molecular weight excluding hydrogens is 144 g/mol. The molecule has 0 amide bonds. The van der Waals surface area contributed by atoms with Crippen LogP contribution in [0.4, 0.5) is 0 Å². The van der Waals surface area contributed by atoms with Gasteiger partial charge in [-0.25, -0.2) is 0 Å². The Morgan fingerprint density at radius 3 is 3.08 bits per heavy atom. The zero-order valence-electron chi connectivity index (χ0n) is 7.51. The van der Waals surface area contributed by atoms with Crippen molar-refractivity contribution in [3.8, 4) is 0 Å². The highest BCUT2D eigenvalue weighted by molar-refractivity contribution is 5.58. The minimum atomic E-state index is 1.23. The average molecular weight is 158 g/mol. The van der Waals surface area contributed by atoms with E-state index in [9.17, 15) is 0 Å². The van der Waals surface area contributed by atoms with E-state index in [1.165, 1.54) is 36.0 Å². The summed E-state index contributed by atoms with van der Waals surface area (Å²) in [5.74, 6) is 0. The van der Waals surface area contributed by atoms with Gasteiger partial charge in [-0.05, 0) is 42.9 Å². The highest BCUT2D eigenvalue weighted by Gasteiger charge is 2.04. The fourth-order valence-electron chi connectivity index (χ4n) is 1.81. The van der Waals surface area contributed by atoms with Gasteiger partial charge in [-0.1, -0.05) is 30.4 Å². The average Bonchev–Trinajstić information content (AvgIpc) is 2.30. The molecule has 1 aromatic carbocycles. The number of fused-ring (bicyclic) bond motifs is 1. The van der Waals surface area contributed by atoms with Gasteiger partial charge in [0.2, 0.25) is 0 Å². The lowest BCUT2D eigenvalue weighted by molar-refractivity contribution is 0.851. The van der Waals surface area contributed by atoms with Gasteiger partial charge in [-0.3, -0.25) is 0 Å². The topological polar surface area (TPSA) is 0 Å². The summed E-state index contributed by atoms with van der Waals surface area (Å²) >= 11 is 0. The molecule has 0 N–H and O–H groups in total. The third-order valence-corrected chi connectivity index (χ3v) is 2.52. The summed E-state index contributed by atoms with van der Waals surface area (Å²) in [6.07, 6.45) is 8.33. The standard InChI is InChI=1S/C12H14/c1-10-6-5-8-11-7-3-2-4-9-12(10)11/h4-6,8-9H,2-3,7H2,1H3. The van der Waals surface area contributed by atoms with Crippen molar-refractivity contribution in [2.75, 3.05) is 0 Å². The van der Waals surface area contributed by atoms with E-state index in [2.05, 4.69) is 37.3 Å². The Kier molecular flexibility index (Phi) is 1.99. The number of hydrogen-bond donors (Lipinski definition) is 0.